The minimum absolute atomic E-state index is 0.0574. The molecular formula is C13H13ClFNO. The summed E-state index contributed by atoms with van der Waals surface area (Å²) in [6, 6.07) is 8.51. The zero-order chi connectivity index (χ0) is 12.3. The van der Waals surface area contributed by atoms with Gasteiger partial charge in [-0.15, -0.1) is 0 Å². The van der Waals surface area contributed by atoms with Crippen LogP contribution in [0.15, 0.2) is 41.0 Å². The molecule has 1 N–H and O–H groups in total. The molecule has 4 heteroatoms. The molecule has 0 amide bonds. The van der Waals surface area contributed by atoms with Gasteiger partial charge in [0.2, 0.25) is 0 Å². The normalized spacial score (nSPS) is 12.4. The number of halogens is 2. The van der Waals surface area contributed by atoms with Crippen LogP contribution in [0.2, 0.25) is 5.02 Å². The number of rotatable bonds is 4. The van der Waals surface area contributed by atoms with Crippen molar-refractivity contribution in [2.45, 2.75) is 19.4 Å². The van der Waals surface area contributed by atoms with Gasteiger partial charge in [-0.05, 0) is 30.7 Å². The maximum absolute atomic E-state index is 13.7. The van der Waals surface area contributed by atoms with E-state index in [2.05, 4.69) is 5.32 Å². The fourth-order valence-corrected chi connectivity index (χ4v) is 1.84. The van der Waals surface area contributed by atoms with E-state index in [1.807, 2.05) is 19.1 Å². The van der Waals surface area contributed by atoms with E-state index in [-0.39, 0.29) is 11.1 Å². The van der Waals surface area contributed by atoms with Crippen molar-refractivity contribution >= 4 is 17.3 Å². The third-order valence-electron chi connectivity index (χ3n) is 2.58. The molecule has 1 unspecified atom stereocenters. The Hall–Kier alpha value is -1.48. The first-order valence-corrected chi connectivity index (χ1v) is 5.84. The van der Waals surface area contributed by atoms with E-state index in [0.717, 1.165) is 12.2 Å². The largest absolute Gasteiger partial charge is 0.467 e. The van der Waals surface area contributed by atoms with Crippen LogP contribution in [0, 0.1) is 5.82 Å². The predicted octanol–water partition coefficient (Wildman–Crippen LogP) is 4.64. The highest BCUT2D eigenvalue weighted by molar-refractivity contribution is 6.31. The van der Waals surface area contributed by atoms with Crippen molar-refractivity contribution in [3.05, 3.63) is 53.2 Å². The first-order chi connectivity index (χ1) is 8.22. The average Bonchev–Trinajstić information content (AvgIpc) is 2.85. The van der Waals surface area contributed by atoms with Crippen LogP contribution in [0.25, 0.3) is 0 Å². The van der Waals surface area contributed by atoms with Crippen LogP contribution < -0.4 is 5.32 Å². The third kappa shape index (κ3) is 2.61. The van der Waals surface area contributed by atoms with Crippen LogP contribution in [0.3, 0.4) is 0 Å². The Morgan fingerprint density at radius 1 is 1.35 bits per heavy atom. The lowest BCUT2D eigenvalue weighted by atomic mass is 10.1. The van der Waals surface area contributed by atoms with Crippen molar-refractivity contribution in [1.29, 1.82) is 0 Å². The van der Waals surface area contributed by atoms with E-state index in [0.29, 0.717) is 5.69 Å². The molecule has 0 fully saturated rings. The molecule has 1 aromatic heterocycles. The number of hydrogen-bond acceptors (Lipinski definition) is 2. The van der Waals surface area contributed by atoms with Gasteiger partial charge >= 0.3 is 0 Å². The van der Waals surface area contributed by atoms with Gasteiger partial charge < -0.3 is 9.73 Å². The van der Waals surface area contributed by atoms with Crippen LogP contribution >= 0.6 is 11.6 Å². The van der Waals surface area contributed by atoms with E-state index >= 15 is 0 Å². The summed E-state index contributed by atoms with van der Waals surface area (Å²) in [4.78, 5) is 0. The molecule has 2 aromatic rings. The highest BCUT2D eigenvalue weighted by Crippen LogP contribution is 2.27. The Bertz CT molecular complexity index is 484. The molecule has 17 heavy (non-hydrogen) atoms. The zero-order valence-corrected chi connectivity index (χ0v) is 10.2. The molecule has 0 bridgehead atoms. The highest BCUT2D eigenvalue weighted by atomic mass is 35.5. The van der Waals surface area contributed by atoms with Gasteiger partial charge in [-0.25, -0.2) is 4.39 Å². The average molecular weight is 254 g/mol. The minimum atomic E-state index is -0.431. The molecule has 0 aliphatic rings. The number of hydrogen-bond donors (Lipinski definition) is 1. The van der Waals surface area contributed by atoms with E-state index < -0.39 is 5.82 Å². The van der Waals surface area contributed by atoms with Gasteiger partial charge in [0, 0.05) is 0 Å². The molecule has 0 spiro atoms. The number of anilines is 1. The molecular weight excluding hydrogens is 241 g/mol. The summed E-state index contributed by atoms with van der Waals surface area (Å²) < 4.78 is 19.0. The lowest BCUT2D eigenvalue weighted by Gasteiger charge is -2.16. The fraction of sp³-hybridized carbons (Fsp3) is 0.231. The van der Waals surface area contributed by atoms with E-state index in [1.54, 1.807) is 18.4 Å². The first kappa shape index (κ1) is 12.0. The van der Waals surface area contributed by atoms with Crippen LogP contribution in [-0.2, 0) is 0 Å². The Morgan fingerprint density at radius 2 is 2.18 bits per heavy atom. The van der Waals surface area contributed by atoms with Gasteiger partial charge in [-0.1, -0.05) is 24.6 Å². The lowest BCUT2D eigenvalue weighted by molar-refractivity contribution is 0.472. The Kier molecular flexibility index (Phi) is 3.69. The molecule has 1 atom stereocenters. The smallest absolute Gasteiger partial charge is 0.164 e. The maximum atomic E-state index is 13.7. The molecule has 2 rings (SSSR count). The standard InChI is InChI=1S/C13H13ClFNO/c1-2-10(12-7-4-8-17-12)16-11-6-3-5-9(14)13(11)15/h3-8,10,16H,2H2,1H3. The van der Waals surface area contributed by atoms with Crippen molar-refractivity contribution in [3.8, 4) is 0 Å². The van der Waals surface area contributed by atoms with Gasteiger partial charge in [0.05, 0.1) is 23.0 Å². The quantitative estimate of drug-likeness (QED) is 0.859. The third-order valence-corrected chi connectivity index (χ3v) is 2.87. The van der Waals surface area contributed by atoms with Crippen LogP contribution in [0.1, 0.15) is 25.1 Å². The second kappa shape index (κ2) is 5.23. The van der Waals surface area contributed by atoms with Gasteiger partial charge in [-0.2, -0.15) is 0 Å². The van der Waals surface area contributed by atoms with E-state index in [1.165, 1.54) is 6.07 Å². The first-order valence-electron chi connectivity index (χ1n) is 5.46. The minimum Gasteiger partial charge on any atom is -0.467 e. The van der Waals surface area contributed by atoms with Crippen molar-refractivity contribution in [3.63, 3.8) is 0 Å². The molecule has 0 saturated carbocycles. The topological polar surface area (TPSA) is 25.2 Å². The van der Waals surface area contributed by atoms with E-state index in [4.69, 9.17) is 16.0 Å². The van der Waals surface area contributed by atoms with Crippen molar-refractivity contribution in [1.82, 2.24) is 0 Å². The van der Waals surface area contributed by atoms with Crippen LogP contribution in [0.4, 0.5) is 10.1 Å². The molecule has 0 radical (unpaired) electrons. The molecule has 1 heterocycles. The fourth-order valence-electron chi connectivity index (χ4n) is 1.67. The monoisotopic (exact) mass is 253 g/mol. The van der Waals surface area contributed by atoms with E-state index in [9.17, 15) is 4.39 Å². The van der Waals surface area contributed by atoms with Crippen molar-refractivity contribution in [2.75, 3.05) is 5.32 Å². The second-order valence-corrected chi connectivity index (χ2v) is 4.13. The highest BCUT2D eigenvalue weighted by Gasteiger charge is 2.14. The summed E-state index contributed by atoms with van der Waals surface area (Å²) in [6.07, 6.45) is 2.40. The summed E-state index contributed by atoms with van der Waals surface area (Å²) in [5.41, 5.74) is 0.390. The Labute approximate surface area is 104 Å². The SMILES string of the molecule is CCC(Nc1cccc(Cl)c1F)c1ccco1. The Morgan fingerprint density at radius 3 is 2.82 bits per heavy atom. The summed E-state index contributed by atoms with van der Waals surface area (Å²) >= 11 is 5.73. The van der Waals surface area contributed by atoms with Gasteiger partial charge in [0.15, 0.2) is 5.82 Å². The maximum Gasteiger partial charge on any atom is 0.164 e. The molecule has 90 valence electrons. The van der Waals surface area contributed by atoms with Crippen molar-refractivity contribution in [2.24, 2.45) is 0 Å². The number of furan rings is 1. The summed E-state index contributed by atoms with van der Waals surface area (Å²) in [6.45, 7) is 2.00. The number of benzene rings is 1. The molecule has 2 nitrogen and oxygen atoms in total. The lowest BCUT2D eigenvalue weighted by Crippen LogP contribution is -2.10. The zero-order valence-electron chi connectivity index (χ0n) is 9.41. The van der Waals surface area contributed by atoms with Gasteiger partial charge in [-0.3, -0.25) is 0 Å². The molecule has 1 aromatic carbocycles. The summed E-state index contributed by atoms with van der Waals surface area (Å²) in [5, 5.41) is 3.20. The molecule has 0 saturated heterocycles. The van der Waals surface area contributed by atoms with Crippen LogP contribution in [-0.4, -0.2) is 0 Å². The predicted molar refractivity (Wildman–Crippen MR) is 66.8 cm³/mol. The van der Waals surface area contributed by atoms with Crippen LogP contribution in [0.5, 0.6) is 0 Å². The van der Waals surface area contributed by atoms with Crippen molar-refractivity contribution < 1.29 is 8.81 Å². The van der Waals surface area contributed by atoms with Gasteiger partial charge in [0.1, 0.15) is 5.76 Å². The van der Waals surface area contributed by atoms with Gasteiger partial charge in [0.25, 0.3) is 0 Å². The number of nitrogens with one attached hydrogen (secondary N) is 1. The Balaban J connectivity index is 2.22. The second-order valence-electron chi connectivity index (χ2n) is 3.72. The summed E-state index contributed by atoms with van der Waals surface area (Å²) in [5.74, 6) is 0.353. The summed E-state index contributed by atoms with van der Waals surface area (Å²) in [7, 11) is 0. The molecule has 0 aliphatic heterocycles. The molecule has 0 aliphatic carbocycles.